The van der Waals surface area contributed by atoms with E-state index in [9.17, 15) is 14.4 Å². The Morgan fingerprint density at radius 1 is 0.966 bits per heavy atom. The van der Waals surface area contributed by atoms with Gasteiger partial charge in [-0.25, -0.2) is 0 Å². The van der Waals surface area contributed by atoms with Crippen molar-refractivity contribution in [2.75, 3.05) is 32.7 Å². The molecule has 0 aliphatic heterocycles. The van der Waals surface area contributed by atoms with Crippen LogP contribution in [0.25, 0.3) is 0 Å². The van der Waals surface area contributed by atoms with Gasteiger partial charge in [-0.2, -0.15) is 0 Å². The quantitative estimate of drug-likeness (QED) is 0.611. The van der Waals surface area contributed by atoms with Gasteiger partial charge in [-0.05, 0) is 30.3 Å². The second-order valence-corrected chi connectivity index (χ2v) is 6.40. The molecule has 0 aliphatic rings. The number of carbonyl (C=O) groups is 3. The van der Waals surface area contributed by atoms with Gasteiger partial charge < -0.3 is 24.8 Å². The van der Waals surface area contributed by atoms with E-state index in [0.29, 0.717) is 22.2 Å². The molecule has 2 N–H and O–H groups in total. The van der Waals surface area contributed by atoms with Gasteiger partial charge in [0.15, 0.2) is 6.61 Å². The van der Waals surface area contributed by atoms with Crippen molar-refractivity contribution in [3.05, 3.63) is 52.0 Å². The van der Waals surface area contributed by atoms with Crippen LogP contribution in [0.3, 0.4) is 0 Å². The number of ether oxygens (including phenoxy) is 3. The number of esters is 1. The molecule has 0 saturated carbocycles. The lowest BCUT2D eigenvalue weighted by atomic mass is 10.2. The second-order valence-electron chi connectivity index (χ2n) is 5.59. The van der Waals surface area contributed by atoms with Gasteiger partial charge in [0.2, 0.25) is 0 Å². The molecule has 0 radical (unpaired) electrons. The van der Waals surface area contributed by atoms with E-state index in [2.05, 4.69) is 10.6 Å². The lowest BCUT2D eigenvalue weighted by Crippen LogP contribution is -2.32. The summed E-state index contributed by atoms with van der Waals surface area (Å²) in [5.74, 6) is -0.942. The number of hydrogen-bond acceptors (Lipinski definition) is 6. The Balaban J connectivity index is 1.80. The Kier molecular flexibility index (Phi) is 8.11. The number of anilines is 1. The summed E-state index contributed by atoms with van der Waals surface area (Å²) in [5, 5.41) is 5.45. The van der Waals surface area contributed by atoms with E-state index in [1.54, 1.807) is 18.2 Å². The van der Waals surface area contributed by atoms with Crippen LogP contribution < -0.4 is 20.1 Å². The van der Waals surface area contributed by atoms with Gasteiger partial charge in [0.05, 0.1) is 30.0 Å². The number of hydrogen-bond donors (Lipinski definition) is 2. The summed E-state index contributed by atoms with van der Waals surface area (Å²) in [6.07, 6.45) is 0. The minimum atomic E-state index is -0.782. The first-order valence-corrected chi connectivity index (χ1v) is 9.00. The third-order valence-electron chi connectivity index (χ3n) is 3.62. The Morgan fingerprint density at radius 2 is 1.72 bits per heavy atom. The third-order valence-corrected chi connectivity index (χ3v) is 4.36. The zero-order valence-electron chi connectivity index (χ0n) is 15.6. The highest BCUT2D eigenvalue weighted by Crippen LogP contribution is 2.28. The van der Waals surface area contributed by atoms with Gasteiger partial charge >= 0.3 is 5.97 Å². The van der Waals surface area contributed by atoms with Crippen molar-refractivity contribution in [3.8, 4) is 11.5 Å². The van der Waals surface area contributed by atoms with E-state index in [1.165, 1.54) is 32.4 Å². The van der Waals surface area contributed by atoms with Crippen LogP contribution >= 0.6 is 23.2 Å². The standard InChI is InChI=1S/C19H18Cl2N2O6/c1-27-12-4-6-15(16(8-12)28-2)23-17(24)10-29-18(25)9-22-19(26)11-3-5-13(20)14(21)7-11/h3-8H,9-10H2,1-2H3,(H,22,26)(H,23,24). The van der Waals surface area contributed by atoms with Crippen LogP contribution in [0.5, 0.6) is 11.5 Å². The molecule has 10 heteroatoms. The Morgan fingerprint density at radius 3 is 2.38 bits per heavy atom. The van der Waals surface area contributed by atoms with Crippen LogP contribution in [-0.2, 0) is 14.3 Å². The molecule has 2 rings (SSSR count). The minimum Gasteiger partial charge on any atom is -0.497 e. The topological polar surface area (TPSA) is 103 Å². The first kappa shape index (κ1) is 22.3. The number of carbonyl (C=O) groups excluding carboxylic acids is 3. The molecule has 0 saturated heterocycles. The average molecular weight is 441 g/mol. The zero-order chi connectivity index (χ0) is 21.4. The first-order chi connectivity index (χ1) is 13.8. The maximum absolute atomic E-state index is 12.0. The summed E-state index contributed by atoms with van der Waals surface area (Å²) in [5.41, 5.74) is 0.624. The van der Waals surface area contributed by atoms with E-state index in [4.69, 9.17) is 37.4 Å². The molecular formula is C19H18Cl2N2O6. The summed E-state index contributed by atoms with van der Waals surface area (Å²) in [6, 6.07) is 9.14. The molecule has 8 nitrogen and oxygen atoms in total. The SMILES string of the molecule is COc1ccc(NC(=O)COC(=O)CNC(=O)c2ccc(Cl)c(Cl)c2)c(OC)c1. The molecular weight excluding hydrogens is 423 g/mol. The van der Waals surface area contributed by atoms with Gasteiger partial charge in [-0.1, -0.05) is 23.2 Å². The molecule has 0 aliphatic carbocycles. The largest absolute Gasteiger partial charge is 0.497 e. The van der Waals surface area contributed by atoms with Crippen LogP contribution in [0.2, 0.25) is 10.0 Å². The van der Waals surface area contributed by atoms with Gasteiger partial charge in [-0.15, -0.1) is 0 Å². The highest BCUT2D eigenvalue weighted by molar-refractivity contribution is 6.42. The summed E-state index contributed by atoms with van der Waals surface area (Å²) in [6.45, 7) is -0.950. The van der Waals surface area contributed by atoms with Crippen LogP contribution in [0.15, 0.2) is 36.4 Å². The number of methoxy groups -OCH3 is 2. The summed E-state index contributed by atoms with van der Waals surface area (Å²) in [7, 11) is 2.95. The summed E-state index contributed by atoms with van der Waals surface area (Å²) in [4.78, 5) is 35.7. The van der Waals surface area contributed by atoms with E-state index < -0.39 is 30.9 Å². The maximum atomic E-state index is 12.0. The highest BCUT2D eigenvalue weighted by atomic mass is 35.5. The first-order valence-electron chi connectivity index (χ1n) is 8.24. The zero-order valence-corrected chi connectivity index (χ0v) is 17.1. The Labute approximate surface area is 177 Å². The predicted molar refractivity (Wildman–Crippen MR) is 108 cm³/mol. The molecule has 0 fully saturated rings. The van der Waals surface area contributed by atoms with Crippen LogP contribution in [0, 0.1) is 0 Å². The van der Waals surface area contributed by atoms with Gasteiger partial charge in [0, 0.05) is 11.6 Å². The van der Waals surface area contributed by atoms with Crippen molar-refractivity contribution in [2.45, 2.75) is 0 Å². The molecule has 2 aromatic carbocycles. The van der Waals surface area contributed by atoms with E-state index in [0.717, 1.165) is 0 Å². The molecule has 0 unspecified atom stereocenters. The van der Waals surface area contributed by atoms with Crippen molar-refractivity contribution >= 4 is 46.7 Å². The Bertz CT molecular complexity index is 920. The number of rotatable bonds is 8. The van der Waals surface area contributed by atoms with Gasteiger partial charge in [-0.3, -0.25) is 14.4 Å². The van der Waals surface area contributed by atoms with E-state index in [1.807, 2.05) is 0 Å². The average Bonchev–Trinajstić information content (AvgIpc) is 2.72. The summed E-state index contributed by atoms with van der Waals surface area (Å²) >= 11 is 11.6. The monoisotopic (exact) mass is 440 g/mol. The Hall–Kier alpha value is -2.97. The maximum Gasteiger partial charge on any atom is 0.325 e. The second kappa shape index (κ2) is 10.5. The smallest absolute Gasteiger partial charge is 0.325 e. The van der Waals surface area contributed by atoms with E-state index >= 15 is 0 Å². The molecule has 2 aromatic rings. The van der Waals surface area contributed by atoms with Crippen molar-refractivity contribution in [1.29, 1.82) is 0 Å². The van der Waals surface area contributed by atoms with Crippen LogP contribution in [0.4, 0.5) is 5.69 Å². The van der Waals surface area contributed by atoms with Crippen molar-refractivity contribution in [3.63, 3.8) is 0 Å². The predicted octanol–water partition coefficient (Wildman–Crippen LogP) is 2.92. The van der Waals surface area contributed by atoms with Crippen molar-refractivity contribution in [1.82, 2.24) is 5.32 Å². The molecule has 0 spiro atoms. The molecule has 154 valence electrons. The fourth-order valence-electron chi connectivity index (χ4n) is 2.18. The van der Waals surface area contributed by atoms with Gasteiger partial charge in [0.25, 0.3) is 11.8 Å². The summed E-state index contributed by atoms with van der Waals surface area (Å²) < 4.78 is 15.1. The molecule has 0 aromatic heterocycles. The third kappa shape index (κ3) is 6.55. The fourth-order valence-corrected chi connectivity index (χ4v) is 2.48. The van der Waals surface area contributed by atoms with E-state index in [-0.39, 0.29) is 10.6 Å². The number of benzene rings is 2. The molecule has 29 heavy (non-hydrogen) atoms. The number of nitrogens with one attached hydrogen (secondary N) is 2. The van der Waals surface area contributed by atoms with Crippen molar-refractivity contribution in [2.24, 2.45) is 0 Å². The minimum absolute atomic E-state index is 0.215. The van der Waals surface area contributed by atoms with Gasteiger partial charge in [0.1, 0.15) is 18.0 Å². The molecule has 0 bridgehead atoms. The lowest BCUT2D eigenvalue weighted by molar-refractivity contribution is -0.146. The number of halogens is 2. The normalized spacial score (nSPS) is 10.1. The molecule has 2 amide bonds. The van der Waals surface area contributed by atoms with Crippen molar-refractivity contribution < 1.29 is 28.6 Å². The lowest BCUT2D eigenvalue weighted by Gasteiger charge is -2.12. The van der Waals surface area contributed by atoms with Crippen LogP contribution in [0.1, 0.15) is 10.4 Å². The van der Waals surface area contributed by atoms with Crippen LogP contribution in [-0.4, -0.2) is 45.2 Å². The molecule has 0 heterocycles. The fraction of sp³-hybridized carbons (Fsp3) is 0.211. The highest BCUT2D eigenvalue weighted by Gasteiger charge is 2.13. The molecule has 0 atom stereocenters. The number of amides is 2.